The van der Waals surface area contributed by atoms with Crippen LogP contribution in [-0.4, -0.2) is 38.5 Å². The molecule has 0 radical (unpaired) electrons. The van der Waals surface area contributed by atoms with E-state index in [9.17, 15) is 5.11 Å². The zero-order valence-corrected chi connectivity index (χ0v) is 15.1. The molecule has 0 saturated heterocycles. The van der Waals surface area contributed by atoms with E-state index in [1.54, 1.807) is 4.68 Å². The lowest BCUT2D eigenvalue weighted by Gasteiger charge is -2.07. The molecule has 0 aliphatic heterocycles. The van der Waals surface area contributed by atoms with E-state index in [-0.39, 0.29) is 12.5 Å². The van der Waals surface area contributed by atoms with Crippen LogP contribution in [0, 0.1) is 24.7 Å². The molecule has 1 atom stereocenters. The van der Waals surface area contributed by atoms with Gasteiger partial charge in [0.25, 0.3) is 0 Å². The Kier molecular flexibility index (Phi) is 5.05. The van der Waals surface area contributed by atoms with Gasteiger partial charge in [0.2, 0.25) is 0 Å². The average Bonchev–Trinajstić information content (AvgIpc) is 3.00. The van der Waals surface area contributed by atoms with E-state index in [1.165, 1.54) is 6.33 Å². The molecule has 26 heavy (non-hydrogen) atoms. The third-order valence-electron chi connectivity index (χ3n) is 4.20. The van der Waals surface area contributed by atoms with E-state index in [4.69, 9.17) is 5.73 Å². The number of aromatic nitrogens is 4. The normalized spacial score (nSPS) is 11.8. The molecule has 0 fully saturated rings. The number of nitrogens with one attached hydrogen (secondary N) is 1. The zero-order chi connectivity index (χ0) is 18.7. The van der Waals surface area contributed by atoms with Gasteiger partial charge in [0.1, 0.15) is 17.8 Å². The van der Waals surface area contributed by atoms with Gasteiger partial charge in [0, 0.05) is 31.5 Å². The standard InChI is InChI=1S/C19H22N6O/c1-12(10-26)9-25-19-17(18(20)22-11-23-19)16(24-25)7-5-14-8-15(21-3)6-4-13(14)2/h4,6,8,11-12,21,26H,9-10H2,1-3H3,(H2,20,22,23). The number of nitrogens with zero attached hydrogens (tertiary/aromatic N) is 4. The van der Waals surface area contributed by atoms with Crippen LogP contribution in [0.3, 0.4) is 0 Å². The van der Waals surface area contributed by atoms with Crippen LogP contribution in [-0.2, 0) is 6.54 Å². The topological polar surface area (TPSA) is 102 Å². The lowest BCUT2D eigenvalue weighted by molar-refractivity contribution is 0.220. The van der Waals surface area contributed by atoms with E-state index in [0.717, 1.165) is 16.8 Å². The highest BCUT2D eigenvalue weighted by Crippen LogP contribution is 2.22. The number of fused-ring (bicyclic) bond motifs is 1. The Balaban J connectivity index is 2.09. The fourth-order valence-corrected chi connectivity index (χ4v) is 2.64. The van der Waals surface area contributed by atoms with Crippen molar-refractivity contribution in [1.29, 1.82) is 0 Å². The summed E-state index contributed by atoms with van der Waals surface area (Å²) in [6.45, 7) is 4.55. The van der Waals surface area contributed by atoms with Gasteiger partial charge in [0.15, 0.2) is 5.65 Å². The maximum Gasteiger partial charge on any atom is 0.164 e. The lowest BCUT2D eigenvalue weighted by Crippen LogP contribution is -2.12. The quantitative estimate of drug-likeness (QED) is 0.620. The minimum Gasteiger partial charge on any atom is -0.396 e. The third-order valence-corrected chi connectivity index (χ3v) is 4.20. The zero-order valence-electron chi connectivity index (χ0n) is 15.1. The number of aliphatic hydroxyl groups excluding tert-OH is 1. The van der Waals surface area contributed by atoms with Crippen LogP contribution in [0.2, 0.25) is 0 Å². The summed E-state index contributed by atoms with van der Waals surface area (Å²) < 4.78 is 1.73. The fourth-order valence-electron chi connectivity index (χ4n) is 2.64. The molecule has 2 heterocycles. The smallest absolute Gasteiger partial charge is 0.164 e. The summed E-state index contributed by atoms with van der Waals surface area (Å²) in [5.41, 5.74) is 10.2. The molecule has 4 N–H and O–H groups in total. The van der Waals surface area contributed by atoms with Crippen LogP contribution in [0.1, 0.15) is 23.7 Å². The third kappa shape index (κ3) is 3.46. The number of aryl methyl sites for hydroxylation is 1. The number of anilines is 2. The number of nitrogen functional groups attached to an aromatic ring is 1. The molecule has 1 aromatic carbocycles. The van der Waals surface area contributed by atoms with Crippen molar-refractivity contribution in [1.82, 2.24) is 19.7 Å². The molecular weight excluding hydrogens is 328 g/mol. The van der Waals surface area contributed by atoms with E-state index in [2.05, 4.69) is 32.2 Å². The summed E-state index contributed by atoms with van der Waals surface area (Å²) in [6, 6.07) is 6.02. The minimum absolute atomic E-state index is 0.0460. The van der Waals surface area contributed by atoms with Gasteiger partial charge < -0.3 is 16.2 Å². The number of hydrogen-bond donors (Lipinski definition) is 3. The van der Waals surface area contributed by atoms with Gasteiger partial charge in [0.05, 0.1) is 5.39 Å². The van der Waals surface area contributed by atoms with Crippen LogP contribution >= 0.6 is 0 Å². The molecule has 0 saturated carbocycles. The predicted octanol–water partition coefficient (Wildman–Crippen LogP) is 1.79. The van der Waals surface area contributed by atoms with Crippen molar-refractivity contribution in [2.45, 2.75) is 20.4 Å². The Morgan fingerprint density at radius 2 is 2.12 bits per heavy atom. The Morgan fingerprint density at radius 3 is 2.85 bits per heavy atom. The molecule has 0 aliphatic carbocycles. The second kappa shape index (κ2) is 7.42. The molecule has 0 bridgehead atoms. The lowest BCUT2D eigenvalue weighted by atomic mass is 10.1. The van der Waals surface area contributed by atoms with E-state index >= 15 is 0 Å². The van der Waals surface area contributed by atoms with Gasteiger partial charge >= 0.3 is 0 Å². The van der Waals surface area contributed by atoms with Crippen molar-refractivity contribution < 1.29 is 5.11 Å². The summed E-state index contributed by atoms with van der Waals surface area (Å²) in [4.78, 5) is 8.37. The highest BCUT2D eigenvalue weighted by molar-refractivity contribution is 5.90. The van der Waals surface area contributed by atoms with Crippen molar-refractivity contribution in [2.75, 3.05) is 24.7 Å². The van der Waals surface area contributed by atoms with Gasteiger partial charge in [-0.2, -0.15) is 5.10 Å². The van der Waals surface area contributed by atoms with Crippen LogP contribution < -0.4 is 11.1 Å². The van der Waals surface area contributed by atoms with Gasteiger partial charge in [-0.3, -0.25) is 0 Å². The van der Waals surface area contributed by atoms with Gasteiger partial charge in [-0.15, -0.1) is 0 Å². The van der Waals surface area contributed by atoms with Crippen molar-refractivity contribution in [2.24, 2.45) is 5.92 Å². The number of benzene rings is 1. The van der Waals surface area contributed by atoms with E-state index < -0.39 is 0 Å². The van der Waals surface area contributed by atoms with E-state index in [1.807, 2.05) is 39.1 Å². The van der Waals surface area contributed by atoms with Crippen LogP contribution in [0.5, 0.6) is 0 Å². The Hall–Kier alpha value is -3.11. The molecule has 2 aromatic heterocycles. The van der Waals surface area contributed by atoms with Gasteiger partial charge in [-0.25, -0.2) is 14.6 Å². The number of rotatable bonds is 4. The summed E-state index contributed by atoms with van der Waals surface area (Å²) in [5.74, 6) is 6.69. The maximum atomic E-state index is 9.33. The molecule has 7 nitrogen and oxygen atoms in total. The SMILES string of the molecule is CNc1ccc(C)c(C#Cc2nn(CC(C)CO)c3ncnc(N)c23)c1. The van der Waals surface area contributed by atoms with Crippen molar-refractivity contribution in [3.05, 3.63) is 41.3 Å². The molecule has 0 aliphatic rings. The highest BCUT2D eigenvalue weighted by atomic mass is 16.3. The summed E-state index contributed by atoms with van der Waals surface area (Å²) in [5, 5.41) is 17.6. The number of nitrogens with two attached hydrogens (primary N) is 1. The molecule has 3 rings (SSSR count). The highest BCUT2D eigenvalue weighted by Gasteiger charge is 2.15. The fraction of sp³-hybridized carbons (Fsp3) is 0.316. The first kappa shape index (κ1) is 17.7. The summed E-state index contributed by atoms with van der Waals surface area (Å²) >= 11 is 0. The monoisotopic (exact) mass is 350 g/mol. The number of aliphatic hydroxyl groups is 1. The molecule has 0 amide bonds. The first-order valence-electron chi connectivity index (χ1n) is 8.41. The molecule has 7 heteroatoms. The van der Waals surface area contributed by atoms with Gasteiger partial charge in [-0.05, 0) is 36.5 Å². The second-order valence-electron chi connectivity index (χ2n) is 6.31. The minimum atomic E-state index is 0.0460. The predicted molar refractivity (Wildman–Crippen MR) is 103 cm³/mol. The molecule has 3 aromatic rings. The maximum absolute atomic E-state index is 9.33. The second-order valence-corrected chi connectivity index (χ2v) is 6.31. The number of hydrogen-bond acceptors (Lipinski definition) is 6. The first-order valence-corrected chi connectivity index (χ1v) is 8.41. The molecule has 1 unspecified atom stereocenters. The molecule has 134 valence electrons. The van der Waals surface area contributed by atoms with Crippen LogP contribution in [0.25, 0.3) is 11.0 Å². The average molecular weight is 350 g/mol. The van der Waals surface area contributed by atoms with E-state index in [0.29, 0.717) is 29.1 Å². The largest absolute Gasteiger partial charge is 0.396 e. The van der Waals surface area contributed by atoms with Crippen molar-refractivity contribution in [3.63, 3.8) is 0 Å². The Labute approximate surface area is 152 Å². The first-order chi connectivity index (χ1) is 12.5. The van der Waals surface area contributed by atoms with Gasteiger partial charge in [-0.1, -0.05) is 18.9 Å². The van der Waals surface area contributed by atoms with Crippen molar-refractivity contribution in [3.8, 4) is 11.8 Å². The van der Waals surface area contributed by atoms with Crippen LogP contribution in [0.4, 0.5) is 11.5 Å². The summed E-state index contributed by atoms with van der Waals surface area (Å²) in [6.07, 6.45) is 1.41. The van der Waals surface area contributed by atoms with Crippen molar-refractivity contribution >= 4 is 22.5 Å². The summed E-state index contributed by atoms with van der Waals surface area (Å²) in [7, 11) is 1.87. The Bertz CT molecular complexity index is 998. The van der Waals surface area contributed by atoms with Crippen LogP contribution in [0.15, 0.2) is 24.5 Å². The molecular formula is C19H22N6O. The molecule has 0 spiro atoms. The Morgan fingerprint density at radius 1 is 1.31 bits per heavy atom.